The fraction of sp³-hybridized carbons (Fsp3) is 0.462. The maximum absolute atomic E-state index is 11.3. The van der Waals surface area contributed by atoms with Crippen LogP contribution in [0.4, 0.5) is 5.69 Å². The number of rotatable bonds is 5. The van der Waals surface area contributed by atoms with Crippen molar-refractivity contribution < 1.29 is 4.79 Å². The SMILES string of the molecule is CCCC(=O)Nc1ccc(CC(C)N)cc1. The normalized spacial score (nSPS) is 12.2. The van der Waals surface area contributed by atoms with Gasteiger partial charge in [-0.25, -0.2) is 0 Å². The number of amides is 1. The van der Waals surface area contributed by atoms with Crippen molar-refractivity contribution in [3.8, 4) is 0 Å². The summed E-state index contributed by atoms with van der Waals surface area (Å²) >= 11 is 0. The third-order valence-corrected chi connectivity index (χ3v) is 2.27. The Morgan fingerprint density at radius 2 is 2.00 bits per heavy atom. The standard InChI is InChI=1S/C13H20N2O/c1-3-4-13(16)15-12-7-5-11(6-8-12)9-10(2)14/h5-8,10H,3-4,9,14H2,1-2H3,(H,15,16). The molecule has 1 aromatic rings. The lowest BCUT2D eigenvalue weighted by Gasteiger charge is -2.07. The van der Waals surface area contributed by atoms with Crippen LogP contribution in [-0.4, -0.2) is 11.9 Å². The van der Waals surface area contributed by atoms with Crippen LogP contribution in [0, 0.1) is 0 Å². The molecule has 0 spiro atoms. The molecule has 0 saturated heterocycles. The lowest BCUT2D eigenvalue weighted by molar-refractivity contribution is -0.116. The summed E-state index contributed by atoms with van der Waals surface area (Å²) in [4.78, 5) is 11.3. The Morgan fingerprint density at radius 1 is 1.38 bits per heavy atom. The summed E-state index contributed by atoms with van der Waals surface area (Å²) in [5.41, 5.74) is 7.76. The largest absolute Gasteiger partial charge is 0.328 e. The van der Waals surface area contributed by atoms with Crippen LogP contribution in [0.25, 0.3) is 0 Å². The zero-order valence-electron chi connectivity index (χ0n) is 9.99. The molecule has 0 aliphatic heterocycles. The van der Waals surface area contributed by atoms with Gasteiger partial charge in [-0.3, -0.25) is 4.79 Å². The third-order valence-electron chi connectivity index (χ3n) is 2.27. The van der Waals surface area contributed by atoms with E-state index in [0.29, 0.717) is 6.42 Å². The molecular weight excluding hydrogens is 200 g/mol. The van der Waals surface area contributed by atoms with Crippen molar-refractivity contribution in [2.45, 2.75) is 39.2 Å². The highest BCUT2D eigenvalue weighted by Gasteiger charge is 2.01. The minimum absolute atomic E-state index is 0.0717. The summed E-state index contributed by atoms with van der Waals surface area (Å²) < 4.78 is 0. The van der Waals surface area contributed by atoms with E-state index in [-0.39, 0.29) is 11.9 Å². The van der Waals surface area contributed by atoms with Gasteiger partial charge in [-0.1, -0.05) is 19.1 Å². The first-order chi connectivity index (χ1) is 7.61. The van der Waals surface area contributed by atoms with Crippen molar-refractivity contribution in [3.63, 3.8) is 0 Å². The highest BCUT2D eigenvalue weighted by atomic mass is 16.1. The molecular formula is C13H20N2O. The van der Waals surface area contributed by atoms with Gasteiger partial charge in [0.1, 0.15) is 0 Å². The molecule has 1 rings (SSSR count). The van der Waals surface area contributed by atoms with Gasteiger partial charge in [0.2, 0.25) is 5.91 Å². The number of nitrogens with two attached hydrogens (primary N) is 1. The molecule has 0 heterocycles. The van der Waals surface area contributed by atoms with Gasteiger partial charge < -0.3 is 11.1 Å². The van der Waals surface area contributed by atoms with Crippen LogP contribution in [0.5, 0.6) is 0 Å². The molecule has 1 atom stereocenters. The van der Waals surface area contributed by atoms with Crippen molar-refractivity contribution in [3.05, 3.63) is 29.8 Å². The van der Waals surface area contributed by atoms with Crippen LogP contribution in [-0.2, 0) is 11.2 Å². The first-order valence-electron chi connectivity index (χ1n) is 5.76. The molecule has 16 heavy (non-hydrogen) atoms. The Morgan fingerprint density at radius 3 is 2.50 bits per heavy atom. The van der Waals surface area contributed by atoms with Crippen molar-refractivity contribution in [1.82, 2.24) is 0 Å². The van der Waals surface area contributed by atoms with E-state index in [2.05, 4.69) is 5.32 Å². The molecule has 88 valence electrons. The molecule has 0 aromatic heterocycles. The van der Waals surface area contributed by atoms with Crippen LogP contribution in [0.2, 0.25) is 0 Å². The van der Waals surface area contributed by atoms with Crippen molar-refractivity contribution in [2.24, 2.45) is 5.73 Å². The Bertz CT molecular complexity index is 330. The second kappa shape index (κ2) is 6.28. The number of hydrogen-bond donors (Lipinski definition) is 2. The van der Waals surface area contributed by atoms with Gasteiger partial charge in [0.25, 0.3) is 0 Å². The predicted molar refractivity (Wildman–Crippen MR) is 67.3 cm³/mol. The smallest absolute Gasteiger partial charge is 0.224 e. The van der Waals surface area contributed by atoms with Gasteiger partial charge in [-0.2, -0.15) is 0 Å². The van der Waals surface area contributed by atoms with E-state index >= 15 is 0 Å². The summed E-state index contributed by atoms with van der Waals surface area (Å²) in [5, 5.41) is 2.85. The highest BCUT2D eigenvalue weighted by Crippen LogP contribution is 2.11. The van der Waals surface area contributed by atoms with Gasteiger partial charge in [0, 0.05) is 18.2 Å². The Hall–Kier alpha value is -1.35. The molecule has 1 unspecified atom stereocenters. The fourth-order valence-corrected chi connectivity index (χ4v) is 1.55. The number of carbonyl (C=O) groups is 1. The molecule has 0 bridgehead atoms. The molecule has 0 radical (unpaired) electrons. The van der Waals surface area contributed by atoms with E-state index in [0.717, 1.165) is 18.5 Å². The maximum atomic E-state index is 11.3. The first-order valence-corrected chi connectivity index (χ1v) is 5.76. The van der Waals surface area contributed by atoms with E-state index in [4.69, 9.17) is 5.73 Å². The molecule has 0 aliphatic carbocycles. The van der Waals surface area contributed by atoms with Crippen LogP contribution in [0.15, 0.2) is 24.3 Å². The molecule has 0 aliphatic rings. The van der Waals surface area contributed by atoms with Crippen LogP contribution >= 0.6 is 0 Å². The second-order valence-electron chi connectivity index (χ2n) is 4.18. The number of nitrogens with one attached hydrogen (secondary N) is 1. The zero-order valence-corrected chi connectivity index (χ0v) is 9.99. The minimum atomic E-state index is 0.0717. The van der Waals surface area contributed by atoms with Crippen molar-refractivity contribution in [1.29, 1.82) is 0 Å². The molecule has 0 fully saturated rings. The summed E-state index contributed by atoms with van der Waals surface area (Å²) in [6.45, 7) is 3.97. The Balaban J connectivity index is 2.54. The zero-order chi connectivity index (χ0) is 12.0. The van der Waals surface area contributed by atoms with Crippen LogP contribution in [0.1, 0.15) is 32.3 Å². The quantitative estimate of drug-likeness (QED) is 0.800. The molecule has 3 heteroatoms. The number of carbonyl (C=O) groups excluding carboxylic acids is 1. The van der Waals surface area contributed by atoms with Gasteiger partial charge in [0.05, 0.1) is 0 Å². The molecule has 0 saturated carbocycles. The van der Waals surface area contributed by atoms with Crippen LogP contribution < -0.4 is 11.1 Å². The van der Waals surface area contributed by atoms with Crippen molar-refractivity contribution in [2.75, 3.05) is 5.32 Å². The number of benzene rings is 1. The lowest BCUT2D eigenvalue weighted by Crippen LogP contribution is -2.17. The summed E-state index contributed by atoms with van der Waals surface area (Å²) in [5.74, 6) is 0.0717. The highest BCUT2D eigenvalue weighted by molar-refractivity contribution is 5.90. The Kier molecular flexibility index (Phi) is 4.99. The number of anilines is 1. The van der Waals surface area contributed by atoms with Crippen molar-refractivity contribution >= 4 is 11.6 Å². The average molecular weight is 220 g/mol. The predicted octanol–water partition coefficient (Wildman–Crippen LogP) is 2.31. The maximum Gasteiger partial charge on any atom is 0.224 e. The molecule has 3 N–H and O–H groups in total. The average Bonchev–Trinajstić information content (AvgIpc) is 2.20. The Labute approximate surface area is 97.0 Å². The molecule has 1 aromatic carbocycles. The van der Waals surface area contributed by atoms with E-state index in [9.17, 15) is 4.79 Å². The minimum Gasteiger partial charge on any atom is -0.328 e. The first kappa shape index (κ1) is 12.7. The van der Waals surface area contributed by atoms with Gasteiger partial charge >= 0.3 is 0 Å². The summed E-state index contributed by atoms with van der Waals surface area (Å²) in [7, 11) is 0. The van der Waals surface area contributed by atoms with Gasteiger partial charge in [0.15, 0.2) is 0 Å². The number of hydrogen-bond acceptors (Lipinski definition) is 2. The second-order valence-corrected chi connectivity index (χ2v) is 4.18. The lowest BCUT2D eigenvalue weighted by atomic mass is 10.1. The monoisotopic (exact) mass is 220 g/mol. The summed E-state index contributed by atoms with van der Waals surface area (Å²) in [6.07, 6.45) is 2.30. The topological polar surface area (TPSA) is 55.1 Å². The van der Waals surface area contributed by atoms with E-state index < -0.39 is 0 Å². The van der Waals surface area contributed by atoms with E-state index in [1.54, 1.807) is 0 Å². The summed E-state index contributed by atoms with van der Waals surface area (Å²) in [6, 6.07) is 8.02. The molecule has 1 amide bonds. The van der Waals surface area contributed by atoms with Gasteiger partial charge in [-0.15, -0.1) is 0 Å². The van der Waals surface area contributed by atoms with Gasteiger partial charge in [-0.05, 0) is 37.5 Å². The fourth-order valence-electron chi connectivity index (χ4n) is 1.55. The van der Waals surface area contributed by atoms with E-state index in [1.807, 2.05) is 38.1 Å². The van der Waals surface area contributed by atoms with Crippen LogP contribution in [0.3, 0.4) is 0 Å². The third kappa shape index (κ3) is 4.45. The molecule has 3 nitrogen and oxygen atoms in total. The van der Waals surface area contributed by atoms with E-state index in [1.165, 1.54) is 5.56 Å².